The lowest BCUT2D eigenvalue weighted by molar-refractivity contribution is 0.0593. The lowest BCUT2D eigenvalue weighted by Crippen LogP contribution is -2.05. The Morgan fingerprint density at radius 1 is 0.862 bits per heavy atom. The van der Waals surface area contributed by atoms with Crippen LogP contribution in [0.15, 0.2) is 66.7 Å². The molecule has 29 heavy (non-hydrogen) atoms. The van der Waals surface area contributed by atoms with Gasteiger partial charge in [0.15, 0.2) is 5.69 Å². The number of carbonyl (C=O) groups is 1. The van der Waals surface area contributed by atoms with Gasteiger partial charge in [-0.25, -0.2) is 9.48 Å². The Balaban J connectivity index is 2.06. The van der Waals surface area contributed by atoms with Crippen LogP contribution in [0.1, 0.15) is 10.5 Å². The second-order valence-electron chi connectivity index (χ2n) is 6.35. The highest BCUT2D eigenvalue weighted by Gasteiger charge is 2.23. The third kappa shape index (κ3) is 3.18. The van der Waals surface area contributed by atoms with Crippen molar-refractivity contribution in [1.29, 1.82) is 0 Å². The molecule has 0 unspecified atom stereocenters. The first kappa shape index (κ1) is 18.6. The number of carbonyl (C=O) groups excluding carboxylic acids is 1. The van der Waals surface area contributed by atoms with Gasteiger partial charge in [0.25, 0.3) is 0 Å². The van der Waals surface area contributed by atoms with Gasteiger partial charge in [0.05, 0.1) is 38.3 Å². The van der Waals surface area contributed by atoms with E-state index in [-0.39, 0.29) is 5.69 Å². The molecule has 0 amide bonds. The van der Waals surface area contributed by atoms with Gasteiger partial charge in [-0.05, 0) is 29.7 Å². The van der Waals surface area contributed by atoms with E-state index in [4.69, 9.17) is 14.2 Å². The Bertz CT molecular complexity index is 1170. The smallest absolute Gasteiger partial charge is 0.358 e. The van der Waals surface area contributed by atoms with Crippen LogP contribution in [0.5, 0.6) is 11.5 Å². The molecule has 0 aliphatic rings. The van der Waals surface area contributed by atoms with Crippen molar-refractivity contribution in [3.8, 4) is 28.4 Å². The molecular formula is C23H20N2O4. The molecule has 0 N–H and O–H groups in total. The summed E-state index contributed by atoms with van der Waals surface area (Å²) >= 11 is 0. The minimum Gasteiger partial charge on any atom is -0.496 e. The maximum absolute atomic E-state index is 12.3. The molecule has 0 saturated carbocycles. The first-order valence-corrected chi connectivity index (χ1v) is 9.05. The van der Waals surface area contributed by atoms with Crippen LogP contribution < -0.4 is 9.47 Å². The quantitative estimate of drug-likeness (QED) is 0.471. The molecule has 1 heterocycles. The van der Waals surface area contributed by atoms with E-state index in [1.807, 2.05) is 60.7 Å². The fourth-order valence-electron chi connectivity index (χ4n) is 3.44. The predicted octanol–water partition coefficient (Wildman–Crippen LogP) is 4.50. The molecule has 0 radical (unpaired) electrons. The average Bonchev–Trinajstić information content (AvgIpc) is 3.22. The van der Waals surface area contributed by atoms with Crippen LogP contribution in [0.25, 0.3) is 27.7 Å². The Hall–Kier alpha value is -3.80. The number of aromatic nitrogens is 2. The third-order valence-corrected chi connectivity index (χ3v) is 4.78. The zero-order chi connectivity index (χ0) is 20.4. The van der Waals surface area contributed by atoms with Gasteiger partial charge >= 0.3 is 5.97 Å². The number of esters is 1. The van der Waals surface area contributed by atoms with E-state index in [1.165, 1.54) is 7.11 Å². The number of nitrogens with zero attached hydrogens (tertiary/aromatic N) is 2. The second kappa shape index (κ2) is 7.67. The van der Waals surface area contributed by atoms with Crippen LogP contribution in [-0.2, 0) is 4.74 Å². The van der Waals surface area contributed by atoms with Crippen molar-refractivity contribution in [1.82, 2.24) is 9.78 Å². The summed E-state index contributed by atoms with van der Waals surface area (Å²) in [5.74, 6) is 0.711. The van der Waals surface area contributed by atoms with Crippen LogP contribution in [-0.4, -0.2) is 37.1 Å². The van der Waals surface area contributed by atoms with Crippen molar-refractivity contribution in [2.24, 2.45) is 0 Å². The first-order chi connectivity index (χ1) is 14.2. The molecule has 0 saturated heterocycles. The van der Waals surface area contributed by atoms with Gasteiger partial charge in [0.2, 0.25) is 0 Å². The van der Waals surface area contributed by atoms with E-state index in [2.05, 4.69) is 5.10 Å². The number of methoxy groups -OCH3 is 3. The van der Waals surface area contributed by atoms with Crippen molar-refractivity contribution < 1.29 is 19.0 Å². The number of hydrogen-bond donors (Lipinski definition) is 0. The molecular weight excluding hydrogens is 368 g/mol. The zero-order valence-corrected chi connectivity index (χ0v) is 16.4. The molecule has 0 fully saturated rings. The standard InChI is InChI=1S/C23H20N2O4/c1-27-20-12-7-13-21(28-2)22(20)19-14-17(23(26)29-3)24-25(19)18-11-6-9-15-8-4-5-10-16(15)18/h4-14H,1-3H3. The average molecular weight is 388 g/mol. The highest BCUT2D eigenvalue weighted by molar-refractivity contribution is 5.93. The fourth-order valence-corrected chi connectivity index (χ4v) is 3.44. The summed E-state index contributed by atoms with van der Waals surface area (Å²) in [7, 11) is 4.53. The topological polar surface area (TPSA) is 62.6 Å². The van der Waals surface area contributed by atoms with E-state index in [9.17, 15) is 4.79 Å². The predicted molar refractivity (Wildman–Crippen MR) is 111 cm³/mol. The van der Waals surface area contributed by atoms with Gasteiger partial charge < -0.3 is 14.2 Å². The van der Waals surface area contributed by atoms with Crippen molar-refractivity contribution >= 4 is 16.7 Å². The normalized spacial score (nSPS) is 10.7. The van der Waals surface area contributed by atoms with E-state index in [0.29, 0.717) is 22.8 Å². The van der Waals surface area contributed by atoms with Crippen molar-refractivity contribution in [3.05, 3.63) is 72.4 Å². The van der Waals surface area contributed by atoms with E-state index < -0.39 is 5.97 Å². The second-order valence-corrected chi connectivity index (χ2v) is 6.35. The lowest BCUT2D eigenvalue weighted by Gasteiger charge is -2.15. The molecule has 4 rings (SSSR count). The Labute approximate surface area is 168 Å². The Morgan fingerprint density at radius 2 is 1.52 bits per heavy atom. The molecule has 6 heteroatoms. The van der Waals surface area contributed by atoms with Gasteiger partial charge in [-0.1, -0.05) is 42.5 Å². The summed E-state index contributed by atoms with van der Waals surface area (Å²) in [6.07, 6.45) is 0. The summed E-state index contributed by atoms with van der Waals surface area (Å²) < 4.78 is 17.8. The Kier molecular flexibility index (Phi) is 4.91. The monoisotopic (exact) mass is 388 g/mol. The molecule has 0 spiro atoms. The van der Waals surface area contributed by atoms with E-state index >= 15 is 0 Å². The molecule has 146 valence electrons. The number of rotatable bonds is 5. The number of ether oxygens (including phenoxy) is 3. The molecule has 4 aromatic rings. The maximum atomic E-state index is 12.3. The molecule has 3 aromatic carbocycles. The van der Waals surface area contributed by atoms with Gasteiger partial charge in [0, 0.05) is 5.39 Å². The number of fused-ring (bicyclic) bond motifs is 1. The van der Waals surface area contributed by atoms with Crippen LogP contribution in [0.3, 0.4) is 0 Å². The van der Waals surface area contributed by atoms with Crippen LogP contribution >= 0.6 is 0 Å². The maximum Gasteiger partial charge on any atom is 0.358 e. The van der Waals surface area contributed by atoms with Gasteiger partial charge in [-0.15, -0.1) is 0 Å². The van der Waals surface area contributed by atoms with Gasteiger partial charge in [-0.2, -0.15) is 5.10 Å². The van der Waals surface area contributed by atoms with E-state index in [0.717, 1.165) is 16.5 Å². The van der Waals surface area contributed by atoms with E-state index in [1.54, 1.807) is 25.0 Å². The summed E-state index contributed by atoms with van der Waals surface area (Å²) in [6.45, 7) is 0. The zero-order valence-electron chi connectivity index (χ0n) is 16.4. The summed E-state index contributed by atoms with van der Waals surface area (Å²) in [4.78, 5) is 12.3. The summed E-state index contributed by atoms with van der Waals surface area (Å²) in [5, 5.41) is 6.63. The molecule has 0 aliphatic carbocycles. The molecule has 1 aromatic heterocycles. The first-order valence-electron chi connectivity index (χ1n) is 9.05. The summed E-state index contributed by atoms with van der Waals surface area (Å²) in [6, 6.07) is 21.2. The largest absolute Gasteiger partial charge is 0.496 e. The van der Waals surface area contributed by atoms with Crippen LogP contribution in [0, 0.1) is 0 Å². The number of benzene rings is 3. The minimum absolute atomic E-state index is 0.198. The highest BCUT2D eigenvalue weighted by atomic mass is 16.5. The van der Waals surface area contributed by atoms with Crippen molar-refractivity contribution in [3.63, 3.8) is 0 Å². The van der Waals surface area contributed by atoms with Crippen LogP contribution in [0.2, 0.25) is 0 Å². The molecule has 0 aliphatic heterocycles. The van der Waals surface area contributed by atoms with Gasteiger partial charge in [-0.3, -0.25) is 0 Å². The SMILES string of the molecule is COC(=O)c1cc(-c2c(OC)cccc2OC)n(-c2cccc3ccccc23)n1. The van der Waals surface area contributed by atoms with Crippen molar-refractivity contribution in [2.75, 3.05) is 21.3 Å². The molecule has 0 bridgehead atoms. The van der Waals surface area contributed by atoms with Crippen LogP contribution in [0.4, 0.5) is 0 Å². The fraction of sp³-hybridized carbons (Fsp3) is 0.130. The lowest BCUT2D eigenvalue weighted by atomic mass is 10.1. The Morgan fingerprint density at radius 3 is 2.21 bits per heavy atom. The highest BCUT2D eigenvalue weighted by Crippen LogP contribution is 2.40. The number of hydrogen-bond acceptors (Lipinski definition) is 5. The minimum atomic E-state index is -0.515. The summed E-state index contributed by atoms with van der Waals surface area (Å²) in [5.41, 5.74) is 2.40. The molecule has 0 atom stereocenters. The third-order valence-electron chi connectivity index (χ3n) is 4.78. The van der Waals surface area contributed by atoms with Crippen molar-refractivity contribution in [2.45, 2.75) is 0 Å². The van der Waals surface area contributed by atoms with Gasteiger partial charge in [0.1, 0.15) is 11.5 Å². The molecule has 6 nitrogen and oxygen atoms in total.